The predicted octanol–water partition coefficient (Wildman–Crippen LogP) is 5.39. The summed E-state index contributed by atoms with van der Waals surface area (Å²) in [6, 6.07) is 10.6. The number of benzene rings is 1. The van der Waals surface area contributed by atoms with E-state index in [4.69, 9.17) is 4.84 Å². The largest absolute Gasteiger partial charge is 0.394 e. The molecule has 3 aliphatic carbocycles. The van der Waals surface area contributed by atoms with E-state index in [9.17, 15) is 15.0 Å². The molecule has 47 heavy (non-hydrogen) atoms. The molecule has 8 nitrogen and oxygen atoms in total. The van der Waals surface area contributed by atoms with Crippen LogP contribution in [-0.4, -0.2) is 88.6 Å². The highest BCUT2D eigenvalue weighted by Crippen LogP contribution is 2.61. The van der Waals surface area contributed by atoms with Gasteiger partial charge in [0.25, 0.3) is 0 Å². The summed E-state index contributed by atoms with van der Waals surface area (Å²) in [7, 11) is 4.30. The number of aliphatic hydroxyl groups is 2. The second-order valence-corrected chi connectivity index (χ2v) is 16.9. The lowest BCUT2D eigenvalue weighted by molar-refractivity contribution is -0.183. The molecule has 1 amide bonds. The Balaban J connectivity index is 1.34. The molecule has 3 N–H and O–H groups in total. The summed E-state index contributed by atoms with van der Waals surface area (Å²) >= 11 is 1.74. The van der Waals surface area contributed by atoms with Crippen molar-refractivity contribution in [1.29, 1.82) is 0 Å². The van der Waals surface area contributed by atoms with E-state index in [0.717, 1.165) is 38.0 Å². The van der Waals surface area contributed by atoms with Crippen LogP contribution < -0.4 is 5.32 Å². The molecule has 4 fully saturated rings. The van der Waals surface area contributed by atoms with Gasteiger partial charge in [-0.05, 0) is 103 Å². The number of hydrogen-bond acceptors (Lipinski definition) is 8. The van der Waals surface area contributed by atoms with Crippen molar-refractivity contribution in [2.75, 3.05) is 27.2 Å². The number of amides is 1. The summed E-state index contributed by atoms with van der Waals surface area (Å²) in [5, 5.41) is 30.6. The number of nitrogens with zero attached hydrogens (tertiary/aromatic N) is 3. The molecule has 1 saturated heterocycles. The predicted molar refractivity (Wildman–Crippen MR) is 189 cm³/mol. The normalized spacial score (nSPS) is 30.1. The van der Waals surface area contributed by atoms with Crippen molar-refractivity contribution >= 4 is 17.2 Å². The number of rotatable bonds is 15. The minimum atomic E-state index is -0.810. The average Bonchev–Trinajstić information content (AvgIpc) is 3.64. The summed E-state index contributed by atoms with van der Waals surface area (Å²) in [5.74, 6) is 1.58. The van der Waals surface area contributed by atoms with Crippen molar-refractivity contribution < 1.29 is 19.8 Å². The molecule has 6 rings (SSSR count). The Morgan fingerprint density at radius 3 is 2.45 bits per heavy atom. The molecule has 2 heterocycles. The van der Waals surface area contributed by atoms with Gasteiger partial charge in [0.1, 0.15) is 12.1 Å². The first-order valence-corrected chi connectivity index (χ1v) is 18.7. The van der Waals surface area contributed by atoms with Crippen LogP contribution in [0.5, 0.6) is 0 Å². The first kappa shape index (κ1) is 36.4. The highest BCUT2D eigenvalue weighted by atomic mass is 32.1. The Morgan fingerprint density at radius 1 is 1.13 bits per heavy atom. The zero-order valence-electron chi connectivity index (χ0n) is 29.9. The molecular formula is C38H60N4O4S. The Morgan fingerprint density at radius 2 is 1.85 bits per heavy atom. The highest BCUT2D eigenvalue weighted by Gasteiger charge is 2.57. The Labute approximate surface area is 287 Å². The molecule has 3 saturated carbocycles. The summed E-state index contributed by atoms with van der Waals surface area (Å²) < 4.78 is 0. The van der Waals surface area contributed by atoms with Crippen LogP contribution in [0.3, 0.4) is 0 Å². The van der Waals surface area contributed by atoms with Gasteiger partial charge in [-0.15, -0.1) is 0 Å². The lowest BCUT2D eigenvalue weighted by atomic mass is 9.45. The number of carbonyl (C=O) groups excluding carboxylic acids is 1. The molecule has 2 aromatic rings. The van der Waals surface area contributed by atoms with Crippen molar-refractivity contribution in [3.63, 3.8) is 0 Å². The van der Waals surface area contributed by atoms with Gasteiger partial charge in [0.2, 0.25) is 5.91 Å². The van der Waals surface area contributed by atoms with Crippen LogP contribution in [0.2, 0.25) is 0 Å². The van der Waals surface area contributed by atoms with Crippen LogP contribution >= 0.6 is 11.3 Å². The number of nitrogens with one attached hydrogen (secondary N) is 1. The van der Waals surface area contributed by atoms with Crippen molar-refractivity contribution in [3.8, 4) is 0 Å². The van der Waals surface area contributed by atoms with Gasteiger partial charge < -0.3 is 20.4 Å². The summed E-state index contributed by atoms with van der Waals surface area (Å²) in [4.78, 5) is 25.3. The van der Waals surface area contributed by atoms with Crippen molar-refractivity contribution in [1.82, 2.24) is 20.2 Å². The standard InChI is InChI=1S/C38H60N4O4S/c1-24(2)14-31(21-40(7)8)41(19-29-12-13-47-23-29)18-27-10-9-11-28(15-27)20-42-36(35(26(4)44)34(22-43)46-42)37(45)39-33-17-30-16-32(25(33)3)38(30,5)6/h9-13,15,23-26,30-36,43-44H,14,16-22H2,1-8H3,(H,39,45)/t25-,26-,30-,31-,32+,33-,34-,35+,36-/m0/s1. The Kier molecular flexibility index (Phi) is 11.9. The Hall–Kier alpha value is -1.85. The van der Waals surface area contributed by atoms with E-state index in [1.54, 1.807) is 23.3 Å². The smallest absolute Gasteiger partial charge is 0.240 e. The molecule has 4 aliphatic rings. The molecule has 2 bridgehead atoms. The van der Waals surface area contributed by atoms with Crippen molar-refractivity contribution in [2.24, 2.45) is 35.0 Å². The molecule has 0 radical (unpaired) electrons. The van der Waals surface area contributed by atoms with Gasteiger partial charge in [-0.2, -0.15) is 16.4 Å². The van der Waals surface area contributed by atoms with Gasteiger partial charge in [-0.1, -0.05) is 58.9 Å². The fraction of sp³-hybridized carbons (Fsp3) is 0.711. The third-order valence-electron chi connectivity index (χ3n) is 11.6. The monoisotopic (exact) mass is 668 g/mol. The average molecular weight is 669 g/mol. The number of likely N-dealkylation sites (N-methyl/N-ethyl adjacent to an activating group) is 1. The van der Waals surface area contributed by atoms with Crippen LogP contribution in [0, 0.1) is 35.0 Å². The van der Waals surface area contributed by atoms with E-state index in [2.05, 4.69) is 105 Å². The molecule has 0 unspecified atom stereocenters. The molecule has 1 aromatic heterocycles. The first-order chi connectivity index (χ1) is 22.3. The number of hydroxylamine groups is 2. The number of fused-ring (bicyclic) bond motifs is 2. The lowest BCUT2D eigenvalue weighted by Crippen LogP contribution is -2.62. The van der Waals surface area contributed by atoms with E-state index in [1.165, 1.54) is 17.5 Å². The van der Waals surface area contributed by atoms with E-state index in [-0.39, 0.29) is 18.6 Å². The maximum absolute atomic E-state index is 14.1. The Bertz CT molecular complexity index is 1290. The van der Waals surface area contributed by atoms with Gasteiger partial charge in [-0.3, -0.25) is 14.5 Å². The minimum absolute atomic E-state index is 0.110. The second-order valence-electron chi connectivity index (χ2n) is 16.1. The van der Waals surface area contributed by atoms with Gasteiger partial charge in [-0.25, -0.2) is 0 Å². The summed E-state index contributed by atoms with van der Waals surface area (Å²) in [6.45, 7) is 16.1. The zero-order valence-corrected chi connectivity index (χ0v) is 30.7. The number of hydrogen-bond donors (Lipinski definition) is 3. The topological polar surface area (TPSA) is 88.5 Å². The van der Waals surface area contributed by atoms with E-state index in [0.29, 0.717) is 41.7 Å². The summed E-state index contributed by atoms with van der Waals surface area (Å²) in [6.07, 6.45) is 1.89. The van der Waals surface area contributed by atoms with Gasteiger partial charge in [0.15, 0.2) is 0 Å². The van der Waals surface area contributed by atoms with Crippen LogP contribution in [0.1, 0.15) is 77.5 Å². The maximum atomic E-state index is 14.1. The van der Waals surface area contributed by atoms with E-state index < -0.39 is 24.2 Å². The second kappa shape index (κ2) is 15.4. The molecule has 9 atom stereocenters. The maximum Gasteiger partial charge on any atom is 0.240 e. The lowest BCUT2D eigenvalue weighted by Gasteiger charge is -2.62. The molecule has 1 aliphatic heterocycles. The fourth-order valence-corrected chi connectivity index (χ4v) is 9.62. The van der Waals surface area contributed by atoms with Gasteiger partial charge in [0, 0.05) is 37.6 Å². The third-order valence-corrected chi connectivity index (χ3v) is 12.3. The van der Waals surface area contributed by atoms with Crippen LogP contribution in [0.4, 0.5) is 0 Å². The first-order valence-electron chi connectivity index (χ1n) is 17.8. The molecule has 0 spiro atoms. The highest BCUT2D eigenvalue weighted by molar-refractivity contribution is 7.07. The molecule has 262 valence electrons. The summed E-state index contributed by atoms with van der Waals surface area (Å²) in [5.41, 5.74) is 3.93. The van der Waals surface area contributed by atoms with Gasteiger partial charge in [0.05, 0.1) is 19.3 Å². The number of carbonyl (C=O) groups is 1. The molecule has 1 aromatic carbocycles. The van der Waals surface area contributed by atoms with Gasteiger partial charge >= 0.3 is 0 Å². The van der Waals surface area contributed by atoms with E-state index in [1.807, 2.05) is 0 Å². The molecular weight excluding hydrogens is 609 g/mol. The van der Waals surface area contributed by atoms with Crippen LogP contribution in [0.15, 0.2) is 41.1 Å². The van der Waals surface area contributed by atoms with Crippen LogP contribution in [0.25, 0.3) is 0 Å². The zero-order chi connectivity index (χ0) is 34.0. The van der Waals surface area contributed by atoms with E-state index >= 15 is 0 Å². The van der Waals surface area contributed by atoms with Crippen molar-refractivity contribution in [2.45, 2.75) is 111 Å². The fourth-order valence-electron chi connectivity index (χ4n) is 8.96. The minimum Gasteiger partial charge on any atom is -0.394 e. The molecule has 9 heteroatoms. The number of thiophene rings is 1. The SMILES string of the molecule is CC(C)C[C@@H](CN(C)C)N(Cc1ccsc1)Cc1cccc(CN2O[C@@H](CO)[C@@H]([C@H](C)O)[C@H]2C(=O)N[C@H]2C[C@@H]3C[C@H]([C@@H]2C)C3(C)C)c1. The third kappa shape index (κ3) is 8.31. The quantitative estimate of drug-likeness (QED) is 0.235. The number of aliphatic hydroxyl groups excluding tert-OH is 2. The van der Waals surface area contributed by atoms with Crippen molar-refractivity contribution in [3.05, 3.63) is 57.8 Å². The van der Waals surface area contributed by atoms with Crippen LogP contribution in [-0.2, 0) is 29.3 Å².